The summed E-state index contributed by atoms with van der Waals surface area (Å²) >= 11 is 0. The van der Waals surface area contributed by atoms with Crippen LogP contribution in [0.1, 0.15) is 35.1 Å². The van der Waals surface area contributed by atoms with E-state index in [1.165, 1.54) is 16.7 Å². The van der Waals surface area contributed by atoms with Gasteiger partial charge in [0.2, 0.25) is 0 Å². The number of nitrogens with zero attached hydrogens (tertiary/aromatic N) is 1. The Morgan fingerprint density at radius 2 is 1.59 bits per heavy atom. The van der Waals surface area contributed by atoms with Crippen LogP contribution in [0.2, 0.25) is 0 Å². The average Bonchev–Trinajstić information content (AvgIpc) is 2.50. The molecule has 0 amide bonds. The summed E-state index contributed by atoms with van der Waals surface area (Å²) in [6.45, 7) is 2.81. The van der Waals surface area contributed by atoms with Gasteiger partial charge in [-0.05, 0) is 56.1 Å². The molecule has 0 aromatic heterocycles. The summed E-state index contributed by atoms with van der Waals surface area (Å²) in [6, 6.07) is 16.9. The lowest BCUT2D eigenvalue weighted by Crippen LogP contribution is -2.38. The smallest absolute Gasteiger partial charge is 0.0951 e. The Hall–Kier alpha value is -1.64. The minimum absolute atomic E-state index is 0.0696. The van der Waals surface area contributed by atoms with Crippen molar-refractivity contribution in [1.29, 1.82) is 0 Å². The molecule has 2 heteroatoms. The highest BCUT2D eigenvalue weighted by Gasteiger charge is 2.38. The van der Waals surface area contributed by atoms with E-state index in [-0.39, 0.29) is 5.92 Å². The topological polar surface area (TPSA) is 23.5 Å². The van der Waals surface area contributed by atoms with E-state index in [9.17, 15) is 5.11 Å². The Balaban J connectivity index is 2.18. The number of hydrogen-bond acceptors (Lipinski definition) is 2. The number of aliphatic hydroxyl groups is 1. The first-order chi connectivity index (χ1) is 10.5. The van der Waals surface area contributed by atoms with Gasteiger partial charge in [0.15, 0.2) is 0 Å². The molecule has 0 heterocycles. The van der Waals surface area contributed by atoms with Crippen molar-refractivity contribution < 1.29 is 5.11 Å². The highest BCUT2D eigenvalue weighted by atomic mass is 16.3. The first-order valence-electron chi connectivity index (χ1n) is 8.03. The molecular formula is C20H25NO. The van der Waals surface area contributed by atoms with E-state index >= 15 is 0 Å². The first-order valence-corrected chi connectivity index (χ1v) is 8.03. The highest BCUT2D eigenvalue weighted by molar-refractivity contribution is 5.42. The van der Waals surface area contributed by atoms with Crippen molar-refractivity contribution in [2.45, 2.75) is 31.3 Å². The molecule has 1 N–H and O–H groups in total. The van der Waals surface area contributed by atoms with Crippen molar-refractivity contribution in [3.63, 3.8) is 0 Å². The Kier molecular flexibility index (Phi) is 4.07. The molecule has 0 bridgehead atoms. The van der Waals surface area contributed by atoms with Gasteiger partial charge in [-0.2, -0.15) is 0 Å². The monoisotopic (exact) mass is 295 g/mol. The van der Waals surface area contributed by atoms with Crippen LogP contribution in [0.3, 0.4) is 0 Å². The lowest BCUT2D eigenvalue weighted by atomic mass is 9.72. The maximum Gasteiger partial charge on any atom is 0.0951 e. The van der Waals surface area contributed by atoms with Gasteiger partial charge in [-0.3, -0.25) is 0 Å². The van der Waals surface area contributed by atoms with E-state index in [0.717, 1.165) is 24.9 Å². The molecule has 2 atom stereocenters. The van der Waals surface area contributed by atoms with Crippen LogP contribution < -0.4 is 0 Å². The summed E-state index contributed by atoms with van der Waals surface area (Å²) in [5.41, 5.74) is 4.14. The maximum absolute atomic E-state index is 11.5. The zero-order valence-corrected chi connectivity index (χ0v) is 13.7. The van der Waals surface area contributed by atoms with Gasteiger partial charge >= 0.3 is 0 Å². The zero-order chi connectivity index (χ0) is 15.7. The third-order valence-electron chi connectivity index (χ3n) is 4.88. The van der Waals surface area contributed by atoms with E-state index in [4.69, 9.17) is 0 Å². The molecule has 22 heavy (non-hydrogen) atoms. The second kappa shape index (κ2) is 5.86. The number of likely N-dealkylation sites (N-methyl/N-ethyl adjacent to an activating group) is 1. The van der Waals surface area contributed by atoms with Crippen LogP contribution in [-0.4, -0.2) is 30.6 Å². The van der Waals surface area contributed by atoms with Crippen LogP contribution in [0.4, 0.5) is 0 Å². The van der Waals surface area contributed by atoms with Crippen molar-refractivity contribution in [3.05, 3.63) is 70.8 Å². The number of benzene rings is 2. The summed E-state index contributed by atoms with van der Waals surface area (Å²) < 4.78 is 0. The lowest BCUT2D eigenvalue weighted by molar-refractivity contribution is 0.0160. The number of rotatable bonds is 2. The minimum atomic E-state index is -0.864. The third kappa shape index (κ3) is 2.69. The molecule has 2 aromatic carbocycles. The molecule has 0 fully saturated rings. The quantitative estimate of drug-likeness (QED) is 0.918. The van der Waals surface area contributed by atoms with Gasteiger partial charge in [0.25, 0.3) is 0 Å². The molecule has 1 aliphatic rings. The Labute approximate surface area is 133 Å². The molecule has 0 spiro atoms. The minimum Gasteiger partial charge on any atom is -0.385 e. The SMILES string of the molecule is CN(C)CC1c2ccccc2CCc2ccccc2C1(C)O. The molecular weight excluding hydrogens is 270 g/mol. The maximum atomic E-state index is 11.5. The predicted molar refractivity (Wildman–Crippen MR) is 91.2 cm³/mol. The molecule has 0 saturated carbocycles. The van der Waals surface area contributed by atoms with Gasteiger partial charge in [0, 0.05) is 12.5 Å². The molecule has 0 saturated heterocycles. The second-order valence-corrected chi connectivity index (χ2v) is 6.82. The van der Waals surface area contributed by atoms with E-state index in [1.54, 1.807) is 0 Å². The Morgan fingerprint density at radius 1 is 1.00 bits per heavy atom. The standard InChI is InChI=1S/C20H25NO/c1-20(22)18-11-7-5-9-16(18)13-12-15-8-4-6-10-17(15)19(20)14-21(2)3/h4-11,19,22H,12-14H2,1-3H3. The number of aryl methyl sites for hydroxylation is 2. The van der Waals surface area contributed by atoms with Crippen LogP contribution in [-0.2, 0) is 18.4 Å². The summed E-state index contributed by atoms with van der Waals surface area (Å²) in [7, 11) is 4.15. The van der Waals surface area contributed by atoms with Crippen molar-refractivity contribution in [2.75, 3.05) is 20.6 Å². The van der Waals surface area contributed by atoms with Crippen LogP contribution in [0.25, 0.3) is 0 Å². The summed E-state index contributed by atoms with van der Waals surface area (Å²) in [5.74, 6) is 0.0696. The van der Waals surface area contributed by atoms with Crippen molar-refractivity contribution >= 4 is 0 Å². The van der Waals surface area contributed by atoms with Gasteiger partial charge in [0.1, 0.15) is 0 Å². The van der Waals surface area contributed by atoms with Gasteiger partial charge in [-0.25, -0.2) is 0 Å². The van der Waals surface area contributed by atoms with Gasteiger partial charge in [0.05, 0.1) is 5.60 Å². The number of fused-ring (bicyclic) bond motifs is 2. The zero-order valence-electron chi connectivity index (χ0n) is 13.7. The summed E-state index contributed by atoms with van der Waals surface area (Å²) in [5, 5.41) is 11.5. The highest BCUT2D eigenvalue weighted by Crippen LogP contribution is 2.42. The Bertz CT molecular complexity index is 660. The molecule has 0 aliphatic heterocycles. The van der Waals surface area contributed by atoms with E-state index in [1.807, 2.05) is 13.0 Å². The predicted octanol–water partition coefficient (Wildman–Crippen LogP) is 3.34. The van der Waals surface area contributed by atoms with Crippen LogP contribution in [0, 0.1) is 0 Å². The number of hydrogen-bond donors (Lipinski definition) is 1. The van der Waals surface area contributed by atoms with Crippen molar-refractivity contribution in [3.8, 4) is 0 Å². The first kappa shape index (κ1) is 15.3. The fraction of sp³-hybridized carbons (Fsp3) is 0.400. The third-order valence-corrected chi connectivity index (χ3v) is 4.88. The van der Waals surface area contributed by atoms with E-state index in [2.05, 4.69) is 61.5 Å². The molecule has 1 aliphatic carbocycles. The van der Waals surface area contributed by atoms with E-state index < -0.39 is 5.60 Å². The van der Waals surface area contributed by atoms with Crippen LogP contribution in [0.15, 0.2) is 48.5 Å². The molecule has 2 aromatic rings. The fourth-order valence-corrected chi connectivity index (χ4v) is 3.73. The normalized spacial score (nSPS) is 24.3. The van der Waals surface area contributed by atoms with Crippen molar-refractivity contribution in [2.24, 2.45) is 0 Å². The lowest BCUT2D eigenvalue weighted by Gasteiger charge is -2.39. The molecule has 0 radical (unpaired) electrons. The summed E-state index contributed by atoms with van der Waals surface area (Å²) in [6.07, 6.45) is 2.02. The van der Waals surface area contributed by atoms with Gasteiger partial charge in [-0.1, -0.05) is 48.5 Å². The van der Waals surface area contributed by atoms with Crippen LogP contribution in [0.5, 0.6) is 0 Å². The Morgan fingerprint density at radius 3 is 2.32 bits per heavy atom. The average molecular weight is 295 g/mol. The van der Waals surface area contributed by atoms with Gasteiger partial charge in [-0.15, -0.1) is 0 Å². The molecule has 2 nitrogen and oxygen atoms in total. The van der Waals surface area contributed by atoms with Gasteiger partial charge < -0.3 is 10.0 Å². The fourth-order valence-electron chi connectivity index (χ4n) is 3.73. The second-order valence-electron chi connectivity index (χ2n) is 6.82. The largest absolute Gasteiger partial charge is 0.385 e. The molecule has 2 unspecified atom stereocenters. The summed E-state index contributed by atoms with van der Waals surface area (Å²) in [4.78, 5) is 2.17. The molecule has 116 valence electrons. The van der Waals surface area contributed by atoms with Crippen LogP contribution >= 0.6 is 0 Å². The molecule has 3 rings (SSSR count). The van der Waals surface area contributed by atoms with E-state index in [0.29, 0.717) is 0 Å². The van der Waals surface area contributed by atoms with Crippen molar-refractivity contribution in [1.82, 2.24) is 4.90 Å².